The van der Waals surface area contributed by atoms with Gasteiger partial charge in [-0.05, 0) is 18.1 Å². The number of amides is 1. The van der Waals surface area contributed by atoms with E-state index in [1.807, 2.05) is 43.3 Å². The third kappa shape index (κ3) is 4.49. The van der Waals surface area contributed by atoms with Crippen molar-refractivity contribution >= 4 is 11.6 Å². The van der Waals surface area contributed by atoms with Crippen LogP contribution in [0.4, 0.5) is 5.69 Å². The molecule has 1 aromatic heterocycles. The Kier molecular flexibility index (Phi) is 5.15. The Balaban J connectivity index is 1.91. The van der Waals surface area contributed by atoms with Crippen LogP contribution in [0.1, 0.15) is 18.9 Å². The lowest BCUT2D eigenvalue weighted by molar-refractivity contribution is -0.118. The first-order chi connectivity index (χ1) is 10.2. The van der Waals surface area contributed by atoms with E-state index in [0.717, 1.165) is 11.3 Å². The van der Waals surface area contributed by atoms with Crippen LogP contribution < -0.4 is 15.8 Å². The maximum absolute atomic E-state index is 11.2. The van der Waals surface area contributed by atoms with Crippen molar-refractivity contribution in [2.75, 3.05) is 5.32 Å². The number of rotatable bonds is 7. The molecule has 0 aliphatic rings. The number of carbonyl (C=O) groups is 1. The van der Waals surface area contributed by atoms with Gasteiger partial charge in [-0.1, -0.05) is 37.3 Å². The van der Waals surface area contributed by atoms with E-state index in [-0.39, 0.29) is 11.9 Å². The minimum absolute atomic E-state index is 0.373. The van der Waals surface area contributed by atoms with Gasteiger partial charge in [-0.15, -0.1) is 0 Å². The highest BCUT2D eigenvalue weighted by Gasteiger charge is 2.12. The Bertz CT molecular complexity index is 570. The summed E-state index contributed by atoms with van der Waals surface area (Å²) in [5.41, 5.74) is 7.12. The van der Waals surface area contributed by atoms with E-state index in [0.29, 0.717) is 18.9 Å². The largest absolute Gasteiger partial charge is 0.473 e. The number of benzene rings is 1. The van der Waals surface area contributed by atoms with Gasteiger partial charge in [-0.2, -0.15) is 0 Å². The van der Waals surface area contributed by atoms with Gasteiger partial charge in [0.2, 0.25) is 11.8 Å². The molecule has 0 fully saturated rings. The number of primary amides is 1. The molecule has 1 heterocycles. The first kappa shape index (κ1) is 14.8. The summed E-state index contributed by atoms with van der Waals surface area (Å²) in [7, 11) is 0. The molecular weight excluding hydrogens is 266 g/mol. The van der Waals surface area contributed by atoms with E-state index in [4.69, 9.17) is 10.5 Å². The molecule has 0 saturated carbocycles. The first-order valence-corrected chi connectivity index (χ1v) is 6.87. The predicted octanol–water partition coefficient (Wildman–Crippen LogP) is 2.34. The van der Waals surface area contributed by atoms with E-state index in [1.165, 1.54) is 0 Å². The molecule has 5 heteroatoms. The lowest BCUT2D eigenvalue weighted by atomic mass is 10.2. The first-order valence-electron chi connectivity index (χ1n) is 6.87. The van der Waals surface area contributed by atoms with Gasteiger partial charge in [0.25, 0.3) is 0 Å². The summed E-state index contributed by atoms with van der Waals surface area (Å²) in [6.45, 7) is 2.37. The van der Waals surface area contributed by atoms with Crippen molar-refractivity contribution in [3.05, 3.63) is 54.2 Å². The Morgan fingerprint density at radius 2 is 2.05 bits per heavy atom. The number of pyridine rings is 1. The molecule has 0 spiro atoms. The van der Waals surface area contributed by atoms with Crippen LogP contribution in [-0.2, 0) is 11.4 Å². The van der Waals surface area contributed by atoms with Gasteiger partial charge in [0, 0.05) is 6.07 Å². The average Bonchev–Trinajstić information content (AvgIpc) is 2.52. The summed E-state index contributed by atoms with van der Waals surface area (Å²) < 4.78 is 5.60. The molecule has 3 N–H and O–H groups in total. The smallest absolute Gasteiger partial charge is 0.239 e. The quantitative estimate of drug-likeness (QED) is 0.818. The predicted molar refractivity (Wildman–Crippen MR) is 81.9 cm³/mol. The van der Waals surface area contributed by atoms with Crippen molar-refractivity contribution in [1.82, 2.24) is 4.98 Å². The van der Waals surface area contributed by atoms with Crippen LogP contribution >= 0.6 is 0 Å². The maximum atomic E-state index is 11.2. The van der Waals surface area contributed by atoms with Gasteiger partial charge in [0.1, 0.15) is 12.6 Å². The summed E-state index contributed by atoms with van der Waals surface area (Å²) in [5, 5.41) is 3.04. The number of hydrogen-bond acceptors (Lipinski definition) is 4. The van der Waals surface area contributed by atoms with Crippen LogP contribution in [0.15, 0.2) is 48.7 Å². The topological polar surface area (TPSA) is 77.2 Å². The molecule has 0 saturated heterocycles. The Morgan fingerprint density at radius 1 is 1.29 bits per heavy atom. The minimum Gasteiger partial charge on any atom is -0.473 e. The van der Waals surface area contributed by atoms with Crippen molar-refractivity contribution in [3.8, 4) is 5.88 Å². The summed E-state index contributed by atoms with van der Waals surface area (Å²) in [6, 6.07) is 13.1. The molecule has 2 aromatic rings. The molecule has 0 radical (unpaired) electrons. The number of ether oxygens (including phenoxy) is 1. The van der Waals surface area contributed by atoms with E-state index < -0.39 is 0 Å². The van der Waals surface area contributed by atoms with Crippen molar-refractivity contribution in [2.45, 2.75) is 26.0 Å². The van der Waals surface area contributed by atoms with E-state index in [1.54, 1.807) is 12.3 Å². The van der Waals surface area contributed by atoms with Crippen molar-refractivity contribution in [2.24, 2.45) is 5.73 Å². The molecule has 2 rings (SSSR count). The van der Waals surface area contributed by atoms with Crippen LogP contribution in [-0.4, -0.2) is 16.9 Å². The molecule has 1 atom stereocenters. The number of nitrogens with two attached hydrogens (primary N) is 1. The molecule has 0 unspecified atom stereocenters. The fraction of sp³-hybridized carbons (Fsp3) is 0.250. The van der Waals surface area contributed by atoms with Crippen LogP contribution in [0, 0.1) is 0 Å². The second-order valence-corrected chi connectivity index (χ2v) is 4.67. The van der Waals surface area contributed by atoms with Gasteiger partial charge in [0.15, 0.2) is 0 Å². The third-order valence-electron chi connectivity index (χ3n) is 3.06. The van der Waals surface area contributed by atoms with Crippen molar-refractivity contribution in [1.29, 1.82) is 0 Å². The van der Waals surface area contributed by atoms with Gasteiger partial charge in [0.05, 0.1) is 11.9 Å². The fourth-order valence-electron chi connectivity index (χ4n) is 1.86. The molecule has 0 aliphatic heterocycles. The second-order valence-electron chi connectivity index (χ2n) is 4.67. The van der Waals surface area contributed by atoms with Gasteiger partial charge < -0.3 is 15.8 Å². The molecule has 0 aliphatic carbocycles. The zero-order chi connectivity index (χ0) is 15.1. The Labute approximate surface area is 124 Å². The molecule has 5 nitrogen and oxygen atoms in total. The van der Waals surface area contributed by atoms with Crippen LogP contribution in [0.3, 0.4) is 0 Å². The average molecular weight is 285 g/mol. The normalized spacial score (nSPS) is 11.7. The maximum Gasteiger partial charge on any atom is 0.239 e. The Morgan fingerprint density at radius 3 is 2.62 bits per heavy atom. The van der Waals surface area contributed by atoms with Gasteiger partial charge >= 0.3 is 0 Å². The highest BCUT2D eigenvalue weighted by molar-refractivity contribution is 5.82. The number of nitrogens with zero attached hydrogens (tertiary/aromatic N) is 1. The zero-order valence-corrected chi connectivity index (χ0v) is 12.0. The van der Waals surface area contributed by atoms with E-state index in [2.05, 4.69) is 10.3 Å². The van der Waals surface area contributed by atoms with Crippen molar-refractivity contribution in [3.63, 3.8) is 0 Å². The standard InChI is InChI=1S/C16H19N3O2/c1-2-14(16(17)20)19-13-8-9-15(18-10-13)21-11-12-6-4-3-5-7-12/h3-10,14,19H,2,11H2,1H3,(H2,17,20)/t14-/m1/s1. The number of hydrogen-bond donors (Lipinski definition) is 2. The molecule has 110 valence electrons. The molecule has 1 aromatic carbocycles. The summed E-state index contributed by atoms with van der Waals surface area (Å²) in [6.07, 6.45) is 2.26. The lowest BCUT2D eigenvalue weighted by Crippen LogP contribution is -2.34. The lowest BCUT2D eigenvalue weighted by Gasteiger charge is -2.14. The molecule has 0 bridgehead atoms. The highest BCUT2D eigenvalue weighted by Crippen LogP contribution is 2.14. The van der Waals surface area contributed by atoms with Crippen LogP contribution in [0.2, 0.25) is 0 Å². The number of anilines is 1. The third-order valence-corrected chi connectivity index (χ3v) is 3.06. The van der Waals surface area contributed by atoms with Gasteiger partial charge in [-0.25, -0.2) is 4.98 Å². The van der Waals surface area contributed by atoms with Gasteiger partial charge in [-0.3, -0.25) is 4.79 Å². The molecule has 1 amide bonds. The molecule has 21 heavy (non-hydrogen) atoms. The van der Waals surface area contributed by atoms with Crippen LogP contribution in [0.5, 0.6) is 5.88 Å². The monoisotopic (exact) mass is 285 g/mol. The summed E-state index contributed by atoms with van der Waals surface area (Å²) in [5.74, 6) is 0.165. The molecular formula is C16H19N3O2. The zero-order valence-electron chi connectivity index (χ0n) is 12.0. The van der Waals surface area contributed by atoms with E-state index >= 15 is 0 Å². The minimum atomic E-state index is -0.386. The fourth-order valence-corrected chi connectivity index (χ4v) is 1.86. The Hall–Kier alpha value is -2.56. The number of aromatic nitrogens is 1. The number of carbonyl (C=O) groups excluding carboxylic acids is 1. The summed E-state index contributed by atoms with van der Waals surface area (Å²) >= 11 is 0. The SMILES string of the molecule is CC[C@@H](Nc1ccc(OCc2ccccc2)nc1)C(N)=O. The second kappa shape index (κ2) is 7.28. The van der Waals surface area contributed by atoms with Crippen molar-refractivity contribution < 1.29 is 9.53 Å². The van der Waals surface area contributed by atoms with E-state index in [9.17, 15) is 4.79 Å². The number of nitrogens with one attached hydrogen (secondary N) is 1. The summed E-state index contributed by atoms with van der Waals surface area (Å²) in [4.78, 5) is 15.4. The highest BCUT2D eigenvalue weighted by atomic mass is 16.5. The van der Waals surface area contributed by atoms with Crippen LogP contribution in [0.25, 0.3) is 0 Å².